The lowest BCUT2D eigenvalue weighted by atomic mass is 10.0. The highest BCUT2D eigenvalue weighted by atomic mass is 15.2. The number of nitrogens with two attached hydrogens (primary N) is 1. The van der Waals surface area contributed by atoms with Crippen molar-refractivity contribution < 1.29 is 0 Å². The van der Waals surface area contributed by atoms with Crippen molar-refractivity contribution in [3.63, 3.8) is 0 Å². The zero-order valence-electron chi connectivity index (χ0n) is 9.21. The predicted molar refractivity (Wildman–Crippen MR) is 56.8 cm³/mol. The monoisotopic (exact) mass is 185 g/mol. The number of nitrogens with zero attached hydrogens (tertiary/aromatic N) is 2. The van der Waals surface area contributed by atoms with Gasteiger partial charge < -0.3 is 15.5 Å². The summed E-state index contributed by atoms with van der Waals surface area (Å²) in [6.45, 7) is 13.2. The van der Waals surface area contributed by atoms with Crippen LogP contribution in [0, 0.1) is 0 Å². The van der Waals surface area contributed by atoms with Gasteiger partial charge in [-0.1, -0.05) is 13.8 Å². The lowest BCUT2D eigenvalue weighted by Crippen LogP contribution is -2.51. The van der Waals surface area contributed by atoms with E-state index in [9.17, 15) is 0 Å². The second kappa shape index (κ2) is 4.40. The largest absolute Gasteiger partial charge is 0.323 e. The highest BCUT2D eigenvalue weighted by Gasteiger charge is 2.27. The fourth-order valence-electron chi connectivity index (χ4n) is 2.05. The molecule has 0 unspecified atom stereocenters. The summed E-state index contributed by atoms with van der Waals surface area (Å²) in [5.74, 6) is 0. The van der Waals surface area contributed by atoms with Crippen molar-refractivity contribution in [2.45, 2.75) is 26.3 Å². The third-order valence-corrected chi connectivity index (χ3v) is 2.80. The highest BCUT2D eigenvalue weighted by Crippen LogP contribution is 2.10. The van der Waals surface area contributed by atoms with E-state index in [-0.39, 0.29) is 5.54 Å². The van der Waals surface area contributed by atoms with Crippen LogP contribution in [0.1, 0.15) is 20.8 Å². The van der Waals surface area contributed by atoms with Gasteiger partial charge in [0.05, 0.1) is 0 Å². The third-order valence-electron chi connectivity index (χ3n) is 2.80. The zero-order chi connectivity index (χ0) is 9.90. The summed E-state index contributed by atoms with van der Waals surface area (Å²) in [7, 11) is 0. The van der Waals surface area contributed by atoms with Gasteiger partial charge >= 0.3 is 0 Å². The Kier molecular flexibility index (Phi) is 3.71. The quantitative estimate of drug-likeness (QED) is 0.674. The Morgan fingerprint density at radius 3 is 1.77 bits per heavy atom. The lowest BCUT2D eigenvalue weighted by Gasteiger charge is -2.29. The van der Waals surface area contributed by atoms with Gasteiger partial charge in [-0.2, -0.15) is 0 Å². The number of likely N-dealkylation sites (N-methyl/N-ethyl adjacent to an activating group) is 2. The third kappa shape index (κ3) is 3.25. The molecule has 1 aliphatic rings. The SMILES string of the molecule is CCN1CCN(CC)CC(C)(N)C1. The fourth-order valence-corrected chi connectivity index (χ4v) is 2.05. The molecule has 0 aromatic heterocycles. The molecule has 0 aliphatic carbocycles. The first-order valence-electron chi connectivity index (χ1n) is 5.31. The molecule has 2 N–H and O–H groups in total. The van der Waals surface area contributed by atoms with Crippen LogP contribution in [-0.2, 0) is 0 Å². The van der Waals surface area contributed by atoms with Crippen molar-refractivity contribution in [1.29, 1.82) is 0 Å². The number of hydrogen-bond donors (Lipinski definition) is 1. The summed E-state index contributed by atoms with van der Waals surface area (Å²) in [6.07, 6.45) is 0. The molecular formula is C10H23N3. The van der Waals surface area contributed by atoms with E-state index in [1.165, 1.54) is 0 Å². The molecule has 3 heteroatoms. The van der Waals surface area contributed by atoms with Gasteiger partial charge in [0.25, 0.3) is 0 Å². The molecule has 1 aliphatic heterocycles. The molecule has 3 nitrogen and oxygen atoms in total. The van der Waals surface area contributed by atoms with E-state index in [0.29, 0.717) is 0 Å². The van der Waals surface area contributed by atoms with Gasteiger partial charge in [-0.3, -0.25) is 0 Å². The summed E-state index contributed by atoms with van der Waals surface area (Å²) in [4.78, 5) is 4.88. The van der Waals surface area contributed by atoms with Gasteiger partial charge in [-0.15, -0.1) is 0 Å². The van der Waals surface area contributed by atoms with E-state index >= 15 is 0 Å². The first kappa shape index (κ1) is 11.0. The van der Waals surface area contributed by atoms with Crippen molar-refractivity contribution in [2.75, 3.05) is 39.3 Å². The van der Waals surface area contributed by atoms with E-state index < -0.39 is 0 Å². The summed E-state index contributed by atoms with van der Waals surface area (Å²) < 4.78 is 0. The average Bonchev–Trinajstić information content (AvgIpc) is 2.23. The molecule has 0 bridgehead atoms. The van der Waals surface area contributed by atoms with E-state index in [0.717, 1.165) is 39.3 Å². The molecule has 1 saturated heterocycles. The maximum Gasteiger partial charge on any atom is 0.0383 e. The van der Waals surface area contributed by atoms with Crippen molar-refractivity contribution in [2.24, 2.45) is 5.73 Å². The van der Waals surface area contributed by atoms with E-state index in [1.54, 1.807) is 0 Å². The normalized spacial score (nSPS) is 25.8. The van der Waals surface area contributed by atoms with Crippen LogP contribution in [0.2, 0.25) is 0 Å². The van der Waals surface area contributed by atoms with Crippen molar-refractivity contribution in [3.05, 3.63) is 0 Å². The minimum Gasteiger partial charge on any atom is -0.323 e. The average molecular weight is 185 g/mol. The fraction of sp³-hybridized carbons (Fsp3) is 1.00. The van der Waals surface area contributed by atoms with Crippen molar-refractivity contribution >= 4 is 0 Å². The summed E-state index contributed by atoms with van der Waals surface area (Å²) in [6, 6.07) is 0. The second-order valence-corrected chi connectivity index (χ2v) is 4.39. The highest BCUT2D eigenvalue weighted by molar-refractivity contribution is 4.89. The summed E-state index contributed by atoms with van der Waals surface area (Å²) >= 11 is 0. The molecule has 0 saturated carbocycles. The van der Waals surface area contributed by atoms with Crippen LogP contribution in [0.4, 0.5) is 0 Å². The van der Waals surface area contributed by atoms with Crippen LogP contribution in [0.25, 0.3) is 0 Å². The van der Waals surface area contributed by atoms with Gasteiger partial charge in [0.15, 0.2) is 0 Å². The smallest absolute Gasteiger partial charge is 0.0383 e. The van der Waals surface area contributed by atoms with Crippen molar-refractivity contribution in [3.8, 4) is 0 Å². The standard InChI is InChI=1S/C10H23N3/c1-4-12-6-7-13(5-2)9-10(3,11)8-12/h4-9,11H2,1-3H3. The molecule has 1 fully saturated rings. The van der Waals surface area contributed by atoms with Crippen LogP contribution in [0.3, 0.4) is 0 Å². The minimum atomic E-state index is -0.0392. The van der Waals surface area contributed by atoms with E-state index in [1.807, 2.05) is 0 Å². The molecule has 0 spiro atoms. The molecule has 0 radical (unpaired) electrons. The molecule has 1 rings (SSSR count). The number of rotatable bonds is 2. The van der Waals surface area contributed by atoms with Gasteiger partial charge in [0, 0.05) is 31.7 Å². The van der Waals surface area contributed by atoms with Crippen LogP contribution in [-0.4, -0.2) is 54.6 Å². The van der Waals surface area contributed by atoms with Gasteiger partial charge in [0.2, 0.25) is 0 Å². The van der Waals surface area contributed by atoms with E-state index in [4.69, 9.17) is 5.73 Å². The molecule has 78 valence electrons. The molecule has 0 atom stereocenters. The van der Waals surface area contributed by atoms with Crippen LogP contribution in [0.5, 0.6) is 0 Å². The predicted octanol–water partition coefficient (Wildman–Crippen LogP) is 0.361. The Balaban J connectivity index is 2.57. The van der Waals surface area contributed by atoms with E-state index in [2.05, 4.69) is 30.6 Å². The Morgan fingerprint density at radius 1 is 1.08 bits per heavy atom. The Bertz CT molecular complexity index is 140. The summed E-state index contributed by atoms with van der Waals surface area (Å²) in [5.41, 5.74) is 6.19. The maximum absolute atomic E-state index is 6.23. The maximum atomic E-state index is 6.23. The zero-order valence-corrected chi connectivity index (χ0v) is 9.21. The molecule has 13 heavy (non-hydrogen) atoms. The molecule has 0 aromatic carbocycles. The molecule has 0 amide bonds. The van der Waals surface area contributed by atoms with Gasteiger partial charge in [0.1, 0.15) is 0 Å². The summed E-state index contributed by atoms with van der Waals surface area (Å²) in [5, 5.41) is 0. The topological polar surface area (TPSA) is 32.5 Å². The molecular weight excluding hydrogens is 162 g/mol. The number of hydrogen-bond acceptors (Lipinski definition) is 3. The van der Waals surface area contributed by atoms with Crippen molar-refractivity contribution in [1.82, 2.24) is 9.80 Å². The minimum absolute atomic E-state index is 0.0392. The van der Waals surface area contributed by atoms with Gasteiger partial charge in [-0.25, -0.2) is 0 Å². The Hall–Kier alpha value is -0.120. The Labute approximate surface area is 81.9 Å². The molecule has 0 aromatic rings. The van der Waals surface area contributed by atoms with Crippen LogP contribution in [0.15, 0.2) is 0 Å². The van der Waals surface area contributed by atoms with Gasteiger partial charge in [-0.05, 0) is 20.0 Å². The molecule has 1 heterocycles. The first-order valence-corrected chi connectivity index (χ1v) is 5.31. The lowest BCUT2D eigenvalue weighted by molar-refractivity contribution is 0.247. The van der Waals surface area contributed by atoms with Crippen LogP contribution < -0.4 is 5.73 Å². The Morgan fingerprint density at radius 2 is 1.46 bits per heavy atom. The van der Waals surface area contributed by atoms with Crippen LogP contribution >= 0.6 is 0 Å². The second-order valence-electron chi connectivity index (χ2n) is 4.39. The first-order chi connectivity index (χ1) is 6.07.